The van der Waals surface area contributed by atoms with E-state index in [1.54, 1.807) is 0 Å². The number of para-hydroxylation sites is 2. The molecule has 2 aliphatic rings. The molecule has 0 radical (unpaired) electrons. The Kier molecular flexibility index (Phi) is 8.16. The van der Waals surface area contributed by atoms with Crippen LogP contribution in [-0.4, -0.2) is 0 Å². The molecule has 0 atom stereocenters. The zero-order valence-corrected chi connectivity index (χ0v) is 34.1. The van der Waals surface area contributed by atoms with Gasteiger partial charge in [-0.2, -0.15) is 10.5 Å². The first kappa shape index (κ1) is 36.2. The van der Waals surface area contributed by atoms with E-state index in [9.17, 15) is 10.5 Å². The van der Waals surface area contributed by atoms with Crippen molar-refractivity contribution < 1.29 is 0 Å². The van der Waals surface area contributed by atoms with E-state index in [1.807, 2.05) is 60.7 Å². The minimum Gasteiger partial charge on any atom is -0.310 e. The number of fused-ring (bicyclic) bond motifs is 13. The van der Waals surface area contributed by atoms with Gasteiger partial charge in [0.1, 0.15) is 0 Å². The first-order valence-electron chi connectivity index (χ1n) is 21.2. The highest BCUT2D eigenvalue weighted by atomic mass is 15.1. The van der Waals surface area contributed by atoms with Crippen LogP contribution in [0.2, 0.25) is 0 Å². The van der Waals surface area contributed by atoms with Crippen LogP contribution in [0.3, 0.4) is 0 Å². The number of nitriles is 2. The fraction of sp³-hybridized carbons (Fsp3) is 0.0169. The van der Waals surface area contributed by atoms with Crippen LogP contribution < -0.4 is 9.80 Å². The second-order valence-electron chi connectivity index (χ2n) is 16.3. The molecule has 0 fully saturated rings. The summed E-state index contributed by atoms with van der Waals surface area (Å²) in [5, 5.41) is 23.9. The smallest absolute Gasteiger partial charge is 0.0991 e. The van der Waals surface area contributed by atoms with Crippen molar-refractivity contribution in [2.75, 3.05) is 9.80 Å². The predicted molar refractivity (Wildman–Crippen MR) is 257 cm³/mol. The topological polar surface area (TPSA) is 54.1 Å². The first-order valence-corrected chi connectivity index (χ1v) is 21.2. The van der Waals surface area contributed by atoms with Gasteiger partial charge in [-0.1, -0.05) is 109 Å². The Balaban J connectivity index is 1.09. The molecule has 4 heteroatoms. The summed E-state index contributed by atoms with van der Waals surface area (Å²) in [5.41, 5.74) is 17.0. The average Bonchev–Trinajstić information content (AvgIpc) is 3.81. The van der Waals surface area contributed by atoms with Gasteiger partial charge < -0.3 is 9.80 Å². The molecule has 0 saturated carbocycles. The molecule has 1 spiro atoms. The zero-order valence-electron chi connectivity index (χ0n) is 34.1. The maximum absolute atomic E-state index is 9.59. The molecule has 10 aromatic rings. The highest BCUT2D eigenvalue weighted by Gasteiger charge is 2.52. The van der Waals surface area contributed by atoms with Crippen LogP contribution in [0, 0.1) is 22.7 Å². The van der Waals surface area contributed by atoms with Crippen molar-refractivity contribution in [1.82, 2.24) is 0 Å². The largest absolute Gasteiger partial charge is 0.310 e. The summed E-state index contributed by atoms with van der Waals surface area (Å²) in [4.78, 5) is 4.53. The molecule has 63 heavy (non-hydrogen) atoms. The average molecular weight is 801 g/mol. The van der Waals surface area contributed by atoms with Crippen LogP contribution in [0.25, 0.3) is 43.8 Å². The molecule has 10 aromatic carbocycles. The highest BCUT2D eigenvalue weighted by molar-refractivity contribution is 6.07. The number of anilines is 6. The van der Waals surface area contributed by atoms with Crippen LogP contribution in [0.1, 0.15) is 33.4 Å². The summed E-state index contributed by atoms with van der Waals surface area (Å²) >= 11 is 0. The Morgan fingerprint density at radius 3 is 1.33 bits per heavy atom. The molecular formula is C59H36N4. The van der Waals surface area contributed by atoms with E-state index in [0.717, 1.165) is 44.9 Å². The van der Waals surface area contributed by atoms with Crippen LogP contribution in [0.5, 0.6) is 0 Å². The molecule has 4 nitrogen and oxygen atoms in total. The number of hydrogen-bond acceptors (Lipinski definition) is 4. The van der Waals surface area contributed by atoms with Gasteiger partial charge in [-0.3, -0.25) is 0 Å². The molecule has 292 valence electrons. The highest BCUT2D eigenvalue weighted by Crippen LogP contribution is 2.64. The van der Waals surface area contributed by atoms with Crippen molar-refractivity contribution in [2.24, 2.45) is 0 Å². The lowest BCUT2D eigenvalue weighted by atomic mass is 9.69. The van der Waals surface area contributed by atoms with E-state index in [2.05, 4.69) is 180 Å². The molecule has 0 unspecified atom stereocenters. The van der Waals surface area contributed by atoms with E-state index in [0.29, 0.717) is 11.1 Å². The Hall–Kier alpha value is -8.70. The predicted octanol–water partition coefficient (Wildman–Crippen LogP) is 15.0. The van der Waals surface area contributed by atoms with Gasteiger partial charge in [-0.15, -0.1) is 0 Å². The lowest BCUT2D eigenvalue weighted by Gasteiger charge is -2.32. The Morgan fingerprint density at radius 1 is 0.317 bits per heavy atom. The van der Waals surface area contributed by atoms with Crippen molar-refractivity contribution in [2.45, 2.75) is 5.41 Å². The Morgan fingerprint density at radius 2 is 0.778 bits per heavy atom. The minimum atomic E-state index is -0.568. The lowest BCUT2D eigenvalue weighted by Crippen LogP contribution is -2.26. The third kappa shape index (κ3) is 5.46. The summed E-state index contributed by atoms with van der Waals surface area (Å²) in [6.45, 7) is 0. The van der Waals surface area contributed by atoms with Crippen molar-refractivity contribution in [1.29, 1.82) is 10.5 Å². The minimum absolute atomic E-state index is 0.568. The van der Waals surface area contributed by atoms with Crippen LogP contribution in [0.4, 0.5) is 34.1 Å². The summed E-state index contributed by atoms with van der Waals surface area (Å²) in [7, 11) is 0. The van der Waals surface area contributed by atoms with E-state index in [-0.39, 0.29) is 0 Å². The standard InChI is InChI=1S/C59H36N4/c60-37-39-19-25-46(26-20-39)62(44-11-3-1-4-12-44)48-29-23-41-35-54-53-31-24-42-33-49(63(45-13-5-2-6-14-45)47-27-21-40(38-61)22-28-47)30-32-50(42)58(53)59(57(54)36-43(41)34-48)55-17-9-7-15-51(55)52-16-8-10-18-56(52)59/h1-36H. The normalized spacial score (nSPS) is 12.5. The summed E-state index contributed by atoms with van der Waals surface area (Å²) in [5.74, 6) is 0. The molecule has 0 aliphatic heterocycles. The van der Waals surface area contributed by atoms with Gasteiger partial charge >= 0.3 is 0 Å². The van der Waals surface area contributed by atoms with E-state index in [4.69, 9.17) is 0 Å². The molecule has 0 saturated heterocycles. The van der Waals surface area contributed by atoms with Gasteiger partial charge in [0.15, 0.2) is 0 Å². The van der Waals surface area contributed by atoms with Crippen molar-refractivity contribution in [3.05, 3.63) is 252 Å². The number of hydrogen-bond donors (Lipinski definition) is 0. The maximum Gasteiger partial charge on any atom is 0.0991 e. The fourth-order valence-electron chi connectivity index (χ4n) is 10.4. The van der Waals surface area contributed by atoms with Crippen LogP contribution >= 0.6 is 0 Å². The second kappa shape index (κ2) is 14.2. The second-order valence-corrected chi connectivity index (χ2v) is 16.3. The first-order chi connectivity index (χ1) is 31.1. The van der Waals surface area contributed by atoms with Gasteiger partial charge in [0, 0.05) is 34.1 Å². The van der Waals surface area contributed by atoms with Gasteiger partial charge in [-0.25, -0.2) is 0 Å². The van der Waals surface area contributed by atoms with Gasteiger partial charge in [0.05, 0.1) is 28.7 Å². The molecule has 0 heterocycles. The van der Waals surface area contributed by atoms with E-state index < -0.39 is 5.41 Å². The maximum atomic E-state index is 9.59. The summed E-state index contributed by atoms with van der Waals surface area (Å²) in [6, 6.07) is 82.1. The van der Waals surface area contributed by atoms with E-state index in [1.165, 1.54) is 55.3 Å². The van der Waals surface area contributed by atoms with Gasteiger partial charge in [0.2, 0.25) is 0 Å². The monoisotopic (exact) mass is 800 g/mol. The van der Waals surface area contributed by atoms with Crippen molar-refractivity contribution >= 4 is 55.7 Å². The van der Waals surface area contributed by atoms with E-state index >= 15 is 0 Å². The summed E-state index contributed by atoms with van der Waals surface area (Å²) in [6.07, 6.45) is 0. The third-order valence-electron chi connectivity index (χ3n) is 13.0. The van der Waals surface area contributed by atoms with Gasteiger partial charge in [0.25, 0.3) is 0 Å². The lowest BCUT2D eigenvalue weighted by molar-refractivity contribution is 0.802. The summed E-state index contributed by atoms with van der Waals surface area (Å²) < 4.78 is 0. The number of nitrogens with zero attached hydrogens (tertiary/aromatic N) is 4. The SMILES string of the molecule is N#Cc1ccc(N(c2ccccc2)c2ccc3cc4c(cc3c2)C2(c3ccccc3-c3ccccc32)c2c-4ccc3cc(N(c4ccccc4)c4ccc(C#N)cc4)ccc23)cc1. The Bertz CT molecular complexity index is 3480. The quantitative estimate of drug-likeness (QED) is 0.168. The fourth-order valence-corrected chi connectivity index (χ4v) is 10.4. The number of benzene rings is 10. The zero-order chi connectivity index (χ0) is 42.1. The number of rotatable bonds is 6. The molecule has 0 N–H and O–H groups in total. The van der Waals surface area contributed by atoms with Crippen molar-refractivity contribution in [3.8, 4) is 34.4 Å². The molecular weight excluding hydrogens is 765 g/mol. The molecule has 0 amide bonds. The van der Waals surface area contributed by atoms with Crippen LogP contribution in [-0.2, 0) is 5.41 Å². The molecule has 2 aliphatic carbocycles. The molecule has 0 bridgehead atoms. The van der Waals surface area contributed by atoms with Gasteiger partial charge in [-0.05, 0) is 175 Å². The third-order valence-corrected chi connectivity index (χ3v) is 13.0. The molecule has 0 aromatic heterocycles. The Labute approximate surface area is 366 Å². The van der Waals surface area contributed by atoms with Crippen LogP contribution in [0.15, 0.2) is 218 Å². The van der Waals surface area contributed by atoms with Crippen molar-refractivity contribution in [3.63, 3.8) is 0 Å². The molecule has 12 rings (SSSR count).